The lowest BCUT2D eigenvalue weighted by atomic mass is 9.79. The molecular weight excluding hydrogens is 380 g/mol. The van der Waals surface area contributed by atoms with E-state index < -0.39 is 6.10 Å². The van der Waals surface area contributed by atoms with Gasteiger partial charge in [-0.1, -0.05) is 6.92 Å². The zero-order valence-corrected chi connectivity index (χ0v) is 19.2. The van der Waals surface area contributed by atoms with Crippen molar-refractivity contribution in [1.82, 2.24) is 5.32 Å². The zero-order chi connectivity index (χ0) is 22.3. The van der Waals surface area contributed by atoms with E-state index in [9.17, 15) is 9.59 Å². The molecule has 1 amide bonds. The van der Waals surface area contributed by atoms with Gasteiger partial charge in [0.25, 0.3) is 5.91 Å². The van der Waals surface area contributed by atoms with Crippen molar-refractivity contribution in [2.24, 2.45) is 0 Å². The smallest absolute Gasteiger partial charge is 0.336 e. The van der Waals surface area contributed by atoms with Gasteiger partial charge in [-0.25, -0.2) is 4.79 Å². The third-order valence-electron chi connectivity index (χ3n) is 5.92. The van der Waals surface area contributed by atoms with E-state index in [4.69, 9.17) is 9.15 Å². The minimum absolute atomic E-state index is 0.0766. The number of benzene rings is 1. The number of piperidine rings is 1. The molecule has 1 atom stereocenters. The van der Waals surface area contributed by atoms with Gasteiger partial charge < -0.3 is 19.8 Å². The van der Waals surface area contributed by atoms with Crippen molar-refractivity contribution in [3.63, 3.8) is 0 Å². The molecule has 3 N–H and O–H groups in total. The number of carbonyl (C=O) groups excluding carboxylic acids is 1. The molecule has 2 aromatic rings. The lowest BCUT2D eigenvalue weighted by Crippen LogP contribution is -3.06. The molecule has 1 saturated heterocycles. The molecule has 1 aromatic heterocycles. The van der Waals surface area contributed by atoms with Gasteiger partial charge >= 0.3 is 5.63 Å². The molecule has 6 nitrogen and oxygen atoms in total. The summed E-state index contributed by atoms with van der Waals surface area (Å²) in [4.78, 5) is 24.8. The third kappa shape index (κ3) is 4.86. The topological polar surface area (TPSA) is 85.1 Å². The highest BCUT2D eigenvalue weighted by molar-refractivity contribution is 5.85. The molecule has 1 aliphatic heterocycles. The molecule has 1 aliphatic rings. The van der Waals surface area contributed by atoms with Crippen LogP contribution in [0.1, 0.15) is 65.5 Å². The van der Waals surface area contributed by atoms with Crippen LogP contribution in [-0.4, -0.2) is 29.1 Å². The first-order valence-electron chi connectivity index (χ1n) is 10.8. The summed E-state index contributed by atoms with van der Waals surface area (Å²) in [6.45, 7) is 14.5. The van der Waals surface area contributed by atoms with E-state index >= 15 is 0 Å². The van der Waals surface area contributed by atoms with Crippen LogP contribution in [0.15, 0.2) is 27.4 Å². The van der Waals surface area contributed by atoms with Crippen molar-refractivity contribution >= 4 is 16.9 Å². The summed E-state index contributed by atoms with van der Waals surface area (Å²) in [5.41, 5.74) is 1.98. The van der Waals surface area contributed by atoms with Gasteiger partial charge in [-0.3, -0.25) is 4.79 Å². The fourth-order valence-electron chi connectivity index (χ4n) is 5.01. The molecule has 0 saturated carbocycles. The first-order valence-corrected chi connectivity index (χ1v) is 10.8. The second-order valence-electron chi connectivity index (χ2n) is 10.0. The average molecular weight is 416 g/mol. The van der Waals surface area contributed by atoms with Gasteiger partial charge in [0.15, 0.2) is 6.10 Å². The van der Waals surface area contributed by atoms with Gasteiger partial charge in [0.1, 0.15) is 11.3 Å². The summed E-state index contributed by atoms with van der Waals surface area (Å²) in [5, 5.41) is 6.47. The number of nitrogens with one attached hydrogen (secondary N) is 1. The van der Waals surface area contributed by atoms with Gasteiger partial charge in [-0.05, 0) is 65.7 Å². The Morgan fingerprint density at radius 2 is 1.90 bits per heavy atom. The summed E-state index contributed by atoms with van der Waals surface area (Å²) in [7, 11) is 0. The Labute approximate surface area is 178 Å². The number of hydrogen-bond donors (Lipinski definition) is 2. The van der Waals surface area contributed by atoms with E-state index in [1.54, 1.807) is 6.92 Å². The first kappa shape index (κ1) is 22.3. The molecule has 164 valence electrons. The number of nitrogens with two attached hydrogens (primary N) is 1. The van der Waals surface area contributed by atoms with E-state index in [2.05, 4.69) is 38.3 Å². The highest BCUT2D eigenvalue weighted by Crippen LogP contribution is 2.29. The Bertz CT molecular complexity index is 990. The fourth-order valence-corrected chi connectivity index (χ4v) is 5.01. The molecule has 6 heteroatoms. The van der Waals surface area contributed by atoms with Gasteiger partial charge in [0.05, 0.1) is 11.1 Å². The number of rotatable bonds is 5. The minimum atomic E-state index is -0.653. The van der Waals surface area contributed by atoms with E-state index in [1.165, 1.54) is 6.07 Å². The van der Waals surface area contributed by atoms with Gasteiger partial charge in [0.2, 0.25) is 0 Å². The fraction of sp³-hybridized carbons (Fsp3) is 0.583. The lowest BCUT2D eigenvalue weighted by Gasteiger charge is -2.43. The van der Waals surface area contributed by atoms with Crippen LogP contribution in [0.2, 0.25) is 0 Å². The van der Waals surface area contributed by atoms with Crippen molar-refractivity contribution in [3.05, 3.63) is 39.7 Å². The standard InChI is InChI=1S/C24H34N2O4/c1-8-16-11-20(27)30-21-14(2)19(10-9-18(16)21)29-15(3)22(28)25-17-12-23(4,5)26-24(6,7)13-17/h9-11,15,17,26H,8,12-13H2,1-7H3,(H,25,28)/p+1/t15-/m0/s1. The van der Waals surface area contributed by atoms with Crippen LogP contribution in [-0.2, 0) is 11.2 Å². The number of ether oxygens (including phenoxy) is 1. The summed E-state index contributed by atoms with van der Waals surface area (Å²) >= 11 is 0. The van der Waals surface area contributed by atoms with Crippen molar-refractivity contribution in [1.29, 1.82) is 0 Å². The Morgan fingerprint density at radius 1 is 1.27 bits per heavy atom. The molecule has 1 fully saturated rings. The maximum atomic E-state index is 12.8. The number of amides is 1. The highest BCUT2D eigenvalue weighted by Gasteiger charge is 2.42. The summed E-state index contributed by atoms with van der Waals surface area (Å²) in [6, 6.07) is 5.39. The van der Waals surface area contributed by atoms with E-state index in [0.717, 1.165) is 35.8 Å². The molecule has 2 heterocycles. The maximum Gasteiger partial charge on any atom is 0.336 e. The Hall–Kier alpha value is -2.34. The van der Waals surface area contributed by atoms with Crippen LogP contribution in [0.5, 0.6) is 5.75 Å². The normalized spacial score (nSPS) is 19.4. The molecule has 0 radical (unpaired) electrons. The predicted molar refractivity (Wildman–Crippen MR) is 118 cm³/mol. The molecular formula is C24H35N2O4+. The largest absolute Gasteiger partial charge is 0.480 e. The van der Waals surface area contributed by atoms with Gasteiger partial charge in [0, 0.05) is 35.9 Å². The number of fused-ring (bicyclic) bond motifs is 1. The molecule has 0 aliphatic carbocycles. The van der Waals surface area contributed by atoms with Crippen LogP contribution in [0.3, 0.4) is 0 Å². The van der Waals surface area contributed by atoms with E-state index in [1.807, 2.05) is 26.0 Å². The molecule has 30 heavy (non-hydrogen) atoms. The van der Waals surface area contributed by atoms with Crippen molar-refractivity contribution in [3.8, 4) is 5.75 Å². The first-order chi connectivity index (χ1) is 13.9. The predicted octanol–water partition coefficient (Wildman–Crippen LogP) is 2.83. The van der Waals surface area contributed by atoms with E-state index in [0.29, 0.717) is 11.3 Å². The molecule has 1 aromatic carbocycles. The maximum absolute atomic E-state index is 12.8. The second-order valence-corrected chi connectivity index (χ2v) is 10.0. The highest BCUT2D eigenvalue weighted by atomic mass is 16.5. The molecule has 0 unspecified atom stereocenters. The lowest BCUT2D eigenvalue weighted by molar-refractivity contribution is -0.787. The van der Waals surface area contributed by atoms with Crippen LogP contribution in [0.25, 0.3) is 11.0 Å². The van der Waals surface area contributed by atoms with Crippen LogP contribution < -0.4 is 21.0 Å². The van der Waals surface area contributed by atoms with Crippen LogP contribution >= 0.6 is 0 Å². The average Bonchev–Trinajstić information content (AvgIpc) is 2.60. The van der Waals surface area contributed by atoms with Crippen LogP contribution in [0, 0.1) is 6.92 Å². The van der Waals surface area contributed by atoms with Gasteiger partial charge in [-0.15, -0.1) is 0 Å². The van der Waals surface area contributed by atoms with Crippen LogP contribution in [0.4, 0.5) is 0 Å². The Kier molecular flexibility index (Phi) is 6.01. The van der Waals surface area contributed by atoms with Crippen molar-refractivity contribution in [2.45, 2.75) is 91.0 Å². The molecule has 0 bridgehead atoms. The third-order valence-corrected chi connectivity index (χ3v) is 5.92. The summed E-state index contributed by atoms with van der Waals surface area (Å²) in [5.74, 6) is 0.427. The molecule has 3 rings (SSSR count). The number of aryl methyl sites for hydroxylation is 2. The SMILES string of the molecule is CCc1cc(=O)oc2c(C)c(O[C@@H](C)C(=O)NC3CC(C)(C)[NH2+]C(C)(C)C3)ccc12. The Morgan fingerprint density at radius 3 is 2.50 bits per heavy atom. The quantitative estimate of drug-likeness (QED) is 0.736. The number of carbonyl (C=O) groups is 1. The summed E-state index contributed by atoms with van der Waals surface area (Å²) in [6.07, 6.45) is 1.91. The zero-order valence-electron chi connectivity index (χ0n) is 19.2. The minimum Gasteiger partial charge on any atom is -0.480 e. The summed E-state index contributed by atoms with van der Waals surface area (Å²) < 4.78 is 11.4. The Balaban J connectivity index is 1.76. The monoisotopic (exact) mass is 415 g/mol. The molecule has 0 spiro atoms. The van der Waals surface area contributed by atoms with Crippen molar-refractivity contribution in [2.75, 3.05) is 0 Å². The van der Waals surface area contributed by atoms with Gasteiger partial charge in [-0.2, -0.15) is 0 Å². The second kappa shape index (κ2) is 8.06. The number of quaternary nitrogens is 1. The van der Waals surface area contributed by atoms with E-state index in [-0.39, 0.29) is 28.7 Å². The number of hydrogen-bond acceptors (Lipinski definition) is 4. The van der Waals surface area contributed by atoms with Crippen molar-refractivity contribution < 1.29 is 19.3 Å².